The summed E-state index contributed by atoms with van der Waals surface area (Å²) in [6, 6.07) is 14.2. The molecule has 3 N–H and O–H groups in total. The lowest BCUT2D eigenvalue weighted by Crippen LogP contribution is -2.42. The summed E-state index contributed by atoms with van der Waals surface area (Å²) in [7, 11) is 1.60. The number of aromatic nitrogens is 1. The number of fused-ring (bicyclic) bond motifs is 1. The molecule has 27 heavy (non-hydrogen) atoms. The van der Waals surface area contributed by atoms with Gasteiger partial charge in [0.2, 0.25) is 5.91 Å². The molecule has 3 aromatic rings. The summed E-state index contributed by atoms with van der Waals surface area (Å²) in [5.41, 5.74) is 2.81. The molecule has 0 saturated heterocycles. The van der Waals surface area contributed by atoms with E-state index < -0.39 is 12.0 Å². The first kappa shape index (κ1) is 18.5. The predicted molar refractivity (Wildman–Crippen MR) is 103 cm³/mol. The Morgan fingerprint density at radius 2 is 1.89 bits per heavy atom. The molecule has 0 aliphatic carbocycles. The highest BCUT2D eigenvalue weighted by Gasteiger charge is 2.21. The second kappa shape index (κ2) is 8.40. The molecule has 1 atom stereocenters. The van der Waals surface area contributed by atoms with Crippen molar-refractivity contribution < 1.29 is 19.4 Å². The Balaban J connectivity index is 1.60. The molecule has 140 valence electrons. The summed E-state index contributed by atoms with van der Waals surface area (Å²) in [4.78, 5) is 27.0. The number of methoxy groups -OCH3 is 1. The van der Waals surface area contributed by atoms with Crippen LogP contribution in [0.5, 0.6) is 5.75 Å². The minimum Gasteiger partial charge on any atom is -0.497 e. The van der Waals surface area contributed by atoms with Crippen LogP contribution in [0.1, 0.15) is 17.5 Å². The zero-order valence-corrected chi connectivity index (χ0v) is 15.1. The summed E-state index contributed by atoms with van der Waals surface area (Å²) in [6.07, 6.45) is 2.79. The van der Waals surface area contributed by atoms with E-state index in [1.165, 1.54) is 0 Å². The zero-order valence-electron chi connectivity index (χ0n) is 15.1. The molecular formula is C21H22N2O4. The molecule has 1 aromatic heterocycles. The quantitative estimate of drug-likeness (QED) is 0.572. The van der Waals surface area contributed by atoms with Gasteiger partial charge in [-0.3, -0.25) is 4.79 Å². The number of aromatic amines is 1. The van der Waals surface area contributed by atoms with Crippen molar-refractivity contribution in [2.45, 2.75) is 25.3 Å². The lowest BCUT2D eigenvalue weighted by molar-refractivity contribution is -0.141. The maximum Gasteiger partial charge on any atom is 0.326 e. The average molecular weight is 366 g/mol. The number of aliphatic carboxylic acids is 1. The minimum absolute atomic E-state index is 0.226. The minimum atomic E-state index is -1.04. The van der Waals surface area contributed by atoms with Gasteiger partial charge in [0.25, 0.3) is 0 Å². The number of carboxylic acids is 1. The van der Waals surface area contributed by atoms with Crippen LogP contribution in [0.25, 0.3) is 10.9 Å². The van der Waals surface area contributed by atoms with Gasteiger partial charge in [-0.1, -0.05) is 30.3 Å². The standard InChI is InChI=1S/C21H22N2O4/c1-27-16-9-6-14(7-10-16)8-11-20(24)23-19(21(25)26)12-15-13-22-18-5-3-2-4-17(15)18/h2-7,9-10,13,19,22H,8,11-12H2,1H3,(H,23,24)(H,25,26)/t19-/m0/s1. The second-order valence-electron chi connectivity index (χ2n) is 6.37. The molecule has 1 amide bonds. The maximum absolute atomic E-state index is 12.2. The van der Waals surface area contributed by atoms with Gasteiger partial charge in [-0.05, 0) is 35.7 Å². The number of carboxylic acid groups (broad SMARTS) is 1. The number of hydrogen-bond donors (Lipinski definition) is 3. The van der Waals surface area contributed by atoms with Gasteiger partial charge in [-0.15, -0.1) is 0 Å². The molecular weight excluding hydrogens is 344 g/mol. The number of ether oxygens (including phenoxy) is 1. The van der Waals surface area contributed by atoms with Crippen LogP contribution in [-0.2, 0) is 22.4 Å². The lowest BCUT2D eigenvalue weighted by atomic mass is 10.0. The lowest BCUT2D eigenvalue weighted by Gasteiger charge is -2.14. The van der Waals surface area contributed by atoms with Gasteiger partial charge in [-0.2, -0.15) is 0 Å². The first-order chi connectivity index (χ1) is 13.1. The molecule has 3 rings (SSSR count). The third kappa shape index (κ3) is 4.67. The Morgan fingerprint density at radius 3 is 2.59 bits per heavy atom. The topological polar surface area (TPSA) is 91.4 Å². The van der Waals surface area contributed by atoms with Crippen LogP contribution in [-0.4, -0.2) is 35.1 Å². The Bertz CT molecular complexity index is 931. The molecule has 0 unspecified atom stereocenters. The van der Waals surface area contributed by atoms with Crippen LogP contribution < -0.4 is 10.1 Å². The summed E-state index contributed by atoms with van der Waals surface area (Å²) < 4.78 is 5.11. The number of carbonyl (C=O) groups excluding carboxylic acids is 1. The smallest absolute Gasteiger partial charge is 0.326 e. The summed E-state index contributed by atoms with van der Waals surface area (Å²) in [5.74, 6) is -0.566. The Labute approximate surface area is 157 Å². The molecule has 0 radical (unpaired) electrons. The highest BCUT2D eigenvalue weighted by atomic mass is 16.5. The van der Waals surface area contributed by atoms with Gasteiger partial charge in [0.15, 0.2) is 0 Å². The molecule has 1 heterocycles. The second-order valence-corrected chi connectivity index (χ2v) is 6.37. The monoisotopic (exact) mass is 366 g/mol. The van der Waals surface area contributed by atoms with Crippen molar-refractivity contribution in [1.82, 2.24) is 10.3 Å². The molecule has 0 aliphatic rings. The number of hydrogen-bond acceptors (Lipinski definition) is 3. The molecule has 6 heteroatoms. The molecule has 0 bridgehead atoms. The van der Waals surface area contributed by atoms with Gasteiger partial charge in [0.05, 0.1) is 7.11 Å². The van der Waals surface area contributed by atoms with Gasteiger partial charge >= 0.3 is 5.97 Å². The molecule has 0 aliphatic heterocycles. The van der Waals surface area contributed by atoms with E-state index in [9.17, 15) is 14.7 Å². The van der Waals surface area contributed by atoms with Gasteiger partial charge in [0.1, 0.15) is 11.8 Å². The highest BCUT2D eigenvalue weighted by Crippen LogP contribution is 2.19. The first-order valence-corrected chi connectivity index (χ1v) is 8.77. The van der Waals surface area contributed by atoms with Crippen molar-refractivity contribution in [1.29, 1.82) is 0 Å². The van der Waals surface area contributed by atoms with Gasteiger partial charge in [-0.25, -0.2) is 4.79 Å². The normalized spacial score (nSPS) is 11.9. The van der Waals surface area contributed by atoms with E-state index in [0.29, 0.717) is 6.42 Å². The Hall–Kier alpha value is -3.28. The van der Waals surface area contributed by atoms with E-state index in [1.807, 2.05) is 48.5 Å². The fourth-order valence-corrected chi connectivity index (χ4v) is 3.04. The average Bonchev–Trinajstić information content (AvgIpc) is 3.09. The fourth-order valence-electron chi connectivity index (χ4n) is 3.04. The Kier molecular flexibility index (Phi) is 5.76. The van der Waals surface area contributed by atoms with Crippen molar-refractivity contribution in [3.63, 3.8) is 0 Å². The molecule has 6 nitrogen and oxygen atoms in total. The van der Waals surface area contributed by atoms with E-state index in [-0.39, 0.29) is 18.7 Å². The van der Waals surface area contributed by atoms with Crippen molar-refractivity contribution in [3.05, 3.63) is 65.9 Å². The van der Waals surface area contributed by atoms with E-state index in [0.717, 1.165) is 27.8 Å². The van der Waals surface area contributed by atoms with E-state index in [1.54, 1.807) is 13.3 Å². The summed E-state index contributed by atoms with van der Waals surface area (Å²) in [5, 5.41) is 13.1. The third-order valence-corrected chi connectivity index (χ3v) is 4.53. The Morgan fingerprint density at radius 1 is 1.15 bits per heavy atom. The van der Waals surface area contributed by atoms with Crippen LogP contribution >= 0.6 is 0 Å². The zero-order chi connectivity index (χ0) is 19.2. The van der Waals surface area contributed by atoms with Gasteiger partial charge in [0, 0.05) is 29.9 Å². The molecule has 0 fully saturated rings. The molecule has 0 spiro atoms. The number of benzene rings is 2. The van der Waals surface area contributed by atoms with Crippen molar-refractivity contribution in [2.75, 3.05) is 7.11 Å². The van der Waals surface area contributed by atoms with Crippen LogP contribution in [0.3, 0.4) is 0 Å². The molecule has 0 saturated carbocycles. The van der Waals surface area contributed by atoms with Crippen LogP contribution in [0.15, 0.2) is 54.7 Å². The van der Waals surface area contributed by atoms with Crippen LogP contribution in [0.2, 0.25) is 0 Å². The largest absolute Gasteiger partial charge is 0.497 e. The number of aryl methyl sites for hydroxylation is 1. The number of H-pyrrole nitrogens is 1. The number of rotatable bonds is 8. The van der Waals surface area contributed by atoms with Gasteiger partial charge < -0.3 is 20.1 Å². The number of carbonyl (C=O) groups is 2. The number of para-hydroxylation sites is 1. The summed E-state index contributed by atoms with van der Waals surface area (Å²) in [6.45, 7) is 0. The van der Waals surface area contributed by atoms with Crippen LogP contribution in [0.4, 0.5) is 0 Å². The molecule has 2 aromatic carbocycles. The number of amides is 1. The highest BCUT2D eigenvalue weighted by molar-refractivity contribution is 5.86. The van der Waals surface area contributed by atoms with E-state index >= 15 is 0 Å². The number of nitrogens with one attached hydrogen (secondary N) is 2. The van der Waals surface area contributed by atoms with E-state index in [2.05, 4.69) is 10.3 Å². The fraction of sp³-hybridized carbons (Fsp3) is 0.238. The van der Waals surface area contributed by atoms with Crippen molar-refractivity contribution in [3.8, 4) is 5.75 Å². The van der Waals surface area contributed by atoms with Crippen molar-refractivity contribution in [2.24, 2.45) is 0 Å². The van der Waals surface area contributed by atoms with Crippen LogP contribution in [0, 0.1) is 0 Å². The summed E-state index contributed by atoms with van der Waals surface area (Å²) >= 11 is 0. The SMILES string of the molecule is COc1ccc(CCC(=O)N[C@@H](Cc2c[nH]c3ccccc23)C(=O)O)cc1. The maximum atomic E-state index is 12.2. The van der Waals surface area contributed by atoms with E-state index in [4.69, 9.17) is 4.74 Å². The van der Waals surface area contributed by atoms with Crippen molar-refractivity contribution >= 4 is 22.8 Å². The first-order valence-electron chi connectivity index (χ1n) is 8.77. The third-order valence-electron chi connectivity index (χ3n) is 4.53. The predicted octanol–water partition coefficient (Wildman–Crippen LogP) is 2.92.